The molecule has 1 unspecified atom stereocenters. The predicted molar refractivity (Wildman–Crippen MR) is 118 cm³/mol. The number of nitrogens with zero attached hydrogens (tertiary/aromatic N) is 1. The van der Waals surface area contributed by atoms with Crippen LogP contribution in [0.3, 0.4) is 0 Å². The van der Waals surface area contributed by atoms with E-state index in [-0.39, 0.29) is 21.5 Å². The van der Waals surface area contributed by atoms with Gasteiger partial charge in [0.25, 0.3) is 15.9 Å². The Morgan fingerprint density at radius 3 is 1.90 bits per heavy atom. The van der Waals surface area contributed by atoms with Gasteiger partial charge in [-0.15, -0.1) is 5.92 Å². The van der Waals surface area contributed by atoms with Gasteiger partial charge in [0.1, 0.15) is 6.04 Å². The Labute approximate surface area is 177 Å². The Kier molecular flexibility index (Phi) is 7.04. The summed E-state index contributed by atoms with van der Waals surface area (Å²) in [5.41, 5.74) is 1.81. The molecule has 5 nitrogen and oxygen atoms in total. The molecule has 29 heavy (non-hydrogen) atoms. The van der Waals surface area contributed by atoms with Crippen LogP contribution in [0, 0.1) is 18.8 Å². The molecule has 0 aromatic heterocycles. The molecule has 2 atom stereocenters. The zero-order valence-corrected chi connectivity index (χ0v) is 20.5. The number of β-lactam (4-membered cyclic amide) rings is 1. The highest BCUT2D eigenvalue weighted by molar-refractivity contribution is 7.89. The normalized spacial score (nSPS) is 20.1. The SMILES string of the molecule is CC#CC1[C@@H](O[Si](C(C)C)(C(C)C)C(C)C)C(=O)N1S(=O)(=O)c1ccc(C)cc1. The van der Waals surface area contributed by atoms with Gasteiger partial charge in [0, 0.05) is 0 Å². The molecular formula is C22H33NO4SSi. The highest BCUT2D eigenvalue weighted by Crippen LogP contribution is 2.45. The number of sulfonamides is 1. The van der Waals surface area contributed by atoms with Crippen molar-refractivity contribution >= 4 is 24.2 Å². The predicted octanol–water partition coefficient (Wildman–Crippen LogP) is 4.48. The lowest BCUT2D eigenvalue weighted by Crippen LogP contribution is -2.70. The van der Waals surface area contributed by atoms with E-state index in [4.69, 9.17) is 4.43 Å². The van der Waals surface area contributed by atoms with Crippen LogP contribution in [0.15, 0.2) is 29.2 Å². The van der Waals surface area contributed by atoms with E-state index in [1.165, 1.54) is 12.1 Å². The fraction of sp³-hybridized carbons (Fsp3) is 0.591. The van der Waals surface area contributed by atoms with Gasteiger partial charge in [-0.05, 0) is 42.6 Å². The molecular weight excluding hydrogens is 402 g/mol. The Morgan fingerprint density at radius 1 is 1.00 bits per heavy atom. The molecule has 0 aliphatic carbocycles. The largest absolute Gasteiger partial charge is 0.402 e. The van der Waals surface area contributed by atoms with Gasteiger partial charge in [-0.3, -0.25) is 4.79 Å². The molecule has 0 radical (unpaired) electrons. The second-order valence-corrected chi connectivity index (χ2v) is 15.9. The summed E-state index contributed by atoms with van der Waals surface area (Å²) in [4.78, 5) is 13.2. The maximum Gasteiger partial charge on any atom is 0.268 e. The van der Waals surface area contributed by atoms with Crippen molar-refractivity contribution in [3.05, 3.63) is 29.8 Å². The minimum Gasteiger partial charge on any atom is -0.402 e. The van der Waals surface area contributed by atoms with Crippen LogP contribution in [0.25, 0.3) is 0 Å². The molecule has 160 valence electrons. The zero-order chi connectivity index (χ0) is 22.1. The van der Waals surface area contributed by atoms with Crippen LogP contribution < -0.4 is 0 Å². The van der Waals surface area contributed by atoms with Gasteiger partial charge in [0.2, 0.25) is 8.32 Å². The molecule has 1 heterocycles. The monoisotopic (exact) mass is 435 g/mol. The number of aryl methyl sites for hydroxylation is 1. The standard InChI is InChI=1S/C22H33NO4SSi/c1-9-10-20-21(27-29(15(2)3,16(4)5)17(6)7)22(24)23(20)28(25,26)19-13-11-18(8)12-14-19/h11-17,20-21H,1-8H3/t20?,21-/m1/s1. The Morgan fingerprint density at radius 2 is 1.48 bits per heavy atom. The first kappa shape index (κ1) is 23.7. The van der Waals surface area contributed by atoms with Gasteiger partial charge >= 0.3 is 0 Å². The number of amides is 1. The molecule has 1 aromatic carbocycles. The molecule has 1 fully saturated rings. The second-order valence-electron chi connectivity index (χ2n) is 8.65. The summed E-state index contributed by atoms with van der Waals surface area (Å²) < 4.78 is 33.8. The molecule has 1 aliphatic rings. The summed E-state index contributed by atoms with van der Waals surface area (Å²) in [6.07, 6.45) is -0.832. The van der Waals surface area contributed by atoms with Crippen molar-refractivity contribution in [2.24, 2.45) is 0 Å². The van der Waals surface area contributed by atoms with Crippen LogP contribution in [0.4, 0.5) is 0 Å². The number of hydrogen-bond donors (Lipinski definition) is 0. The van der Waals surface area contributed by atoms with Gasteiger partial charge in [-0.1, -0.05) is 65.2 Å². The van der Waals surface area contributed by atoms with Gasteiger partial charge < -0.3 is 4.43 Å². The van der Waals surface area contributed by atoms with E-state index in [0.717, 1.165) is 9.87 Å². The maximum absolute atomic E-state index is 13.1. The average molecular weight is 436 g/mol. The molecule has 1 aliphatic heterocycles. The van der Waals surface area contributed by atoms with Crippen molar-refractivity contribution in [1.29, 1.82) is 0 Å². The number of carbonyl (C=O) groups is 1. The third-order valence-electron chi connectivity index (χ3n) is 5.91. The minimum atomic E-state index is -3.97. The van der Waals surface area contributed by atoms with E-state index in [9.17, 15) is 13.2 Å². The van der Waals surface area contributed by atoms with Crippen molar-refractivity contribution in [3.63, 3.8) is 0 Å². The van der Waals surface area contributed by atoms with E-state index in [0.29, 0.717) is 0 Å². The summed E-state index contributed by atoms with van der Waals surface area (Å²) in [5.74, 6) is 5.18. The molecule has 1 aromatic rings. The smallest absolute Gasteiger partial charge is 0.268 e. The van der Waals surface area contributed by atoms with E-state index >= 15 is 0 Å². The third kappa shape index (κ3) is 4.03. The molecule has 0 saturated carbocycles. The lowest BCUT2D eigenvalue weighted by molar-refractivity contribution is -0.150. The first-order chi connectivity index (χ1) is 13.4. The number of rotatable bonds is 7. The van der Waals surface area contributed by atoms with Gasteiger partial charge in [0.05, 0.1) is 4.90 Å². The molecule has 1 saturated heterocycles. The minimum absolute atomic E-state index is 0.0953. The van der Waals surface area contributed by atoms with Crippen LogP contribution in [0.2, 0.25) is 16.6 Å². The Bertz CT molecular complexity index is 889. The summed E-state index contributed by atoms with van der Waals surface area (Å²) >= 11 is 0. The Hall–Kier alpha value is -1.62. The van der Waals surface area contributed by atoms with Crippen LogP contribution in [-0.4, -0.2) is 39.1 Å². The summed E-state index contributed by atoms with van der Waals surface area (Å²) in [6, 6.07) is 5.71. The van der Waals surface area contributed by atoms with Crippen LogP contribution in [0.5, 0.6) is 0 Å². The number of benzene rings is 1. The highest BCUT2D eigenvalue weighted by Gasteiger charge is 2.58. The van der Waals surface area contributed by atoms with Crippen LogP contribution >= 0.6 is 0 Å². The van der Waals surface area contributed by atoms with Gasteiger partial charge in [-0.25, -0.2) is 12.7 Å². The van der Waals surface area contributed by atoms with E-state index in [1.54, 1.807) is 19.1 Å². The Balaban J connectivity index is 2.44. The molecule has 0 bridgehead atoms. The quantitative estimate of drug-likeness (QED) is 0.360. The van der Waals surface area contributed by atoms with Crippen molar-refractivity contribution in [2.75, 3.05) is 0 Å². The maximum atomic E-state index is 13.1. The molecule has 7 heteroatoms. The van der Waals surface area contributed by atoms with Crippen molar-refractivity contribution in [2.45, 2.75) is 89.1 Å². The molecule has 2 rings (SSSR count). The number of carbonyl (C=O) groups excluding carboxylic acids is 1. The van der Waals surface area contributed by atoms with Crippen molar-refractivity contribution in [1.82, 2.24) is 4.31 Å². The van der Waals surface area contributed by atoms with Crippen molar-refractivity contribution < 1.29 is 17.6 Å². The van der Waals surface area contributed by atoms with E-state index in [2.05, 4.69) is 53.4 Å². The summed E-state index contributed by atoms with van der Waals surface area (Å²) in [7, 11) is -6.33. The first-order valence-corrected chi connectivity index (χ1v) is 13.7. The van der Waals surface area contributed by atoms with Crippen LogP contribution in [-0.2, 0) is 19.2 Å². The van der Waals surface area contributed by atoms with Gasteiger partial charge in [0.15, 0.2) is 6.10 Å². The lowest BCUT2D eigenvalue weighted by atomic mass is 10.0. The summed E-state index contributed by atoms with van der Waals surface area (Å²) in [5, 5.41) is 0. The lowest BCUT2D eigenvalue weighted by Gasteiger charge is -2.50. The fourth-order valence-corrected chi connectivity index (χ4v) is 11.6. The topological polar surface area (TPSA) is 63.7 Å². The molecule has 0 N–H and O–H groups in total. The average Bonchev–Trinajstić information content (AvgIpc) is 2.61. The van der Waals surface area contributed by atoms with Crippen molar-refractivity contribution in [3.8, 4) is 11.8 Å². The summed E-state index contributed by atoms with van der Waals surface area (Å²) in [6.45, 7) is 16.3. The number of hydrogen-bond acceptors (Lipinski definition) is 4. The molecule has 0 spiro atoms. The second kappa shape index (κ2) is 8.63. The van der Waals surface area contributed by atoms with Gasteiger partial charge in [-0.2, -0.15) is 0 Å². The van der Waals surface area contributed by atoms with Crippen LogP contribution in [0.1, 0.15) is 54.0 Å². The third-order valence-corrected chi connectivity index (χ3v) is 13.8. The van der Waals surface area contributed by atoms with E-state index < -0.39 is 36.4 Å². The molecule has 1 amide bonds. The fourth-order valence-electron chi connectivity index (χ4n) is 4.56. The van der Waals surface area contributed by atoms with E-state index in [1.807, 2.05) is 6.92 Å². The zero-order valence-electron chi connectivity index (χ0n) is 18.7. The first-order valence-electron chi connectivity index (χ1n) is 10.2. The highest BCUT2D eigenvalue weighted by atomic mass is 32.2.